The first-order chi connectivity index (χ1) is 13.8. The van der Waals surface area contributed by atoms with Crippen LogP contribution in [0, 0.1) is 0 Å². The lowest BCUT2D eigenvalue weighted by Crippen LogP contribution is -2.28. The van der Waals surface area contributed by atoms with E-state index in [0.29, 0.717) is 18.1 Å². The van der Waals surface area contributed by atoms with Gasteiger partial charge in [0, 0.05) is 24.8 Å². The van der Waals surface area contributed by atoms with Crippen LogP contribution in [0.3, 0.4) is 0 Å². The topological polar surface area (TPSA) is 67.3 Å². The maximum Gasteiger partial charge on any atom is 0.272 e. The molecule has 4 rings (SSSR count). The van der Waals surface area contributed by atoms with E-state index in [-0.39, 0.29) is 5.91 Å². The molecule has 0 bridgehead atoms. The molecule has 1 aliphatic rings. The summed E-state index contributed by atoms with van der Waals surface area (Å²) in [5.74, 6) is 1.35. The van der Waals surface area contributed by atoms with Crippen molar-refractivity contribution in [2.75, 3.05) is 18.4 Å². The molecule has 1 N–H and O–H groups in total. The number of hydrogen-bond donors (Lipinski definition) is 1. The molecule has 0 unspecified atom stereocenters. The Kier molecular flexibility index (Phi) is 5.47. The third-order valence-corrected chi connectivity index (χ3v) is 4.65. The van der Waals surface area contributed by atoms with Crippen LogP contribution in [-0.2, 0) is 6.61 Å². The highest BCUT2D eigenvalue weighted by molar-refractivity contribution is 5.93. The summed E-state index contributed by atoms with van der Waals surface area (Å²) in [5.41, 5.74) is 2.41. The molecule has 6 nitrogen and oxygen atoms in total. The zero-order valence-electron chi connectivity index (χ0n) is 15.5. The van der Waals surface area contributed by atoms with Gasteiger partial charge in [-0.25, -0.2) is 9.97 Å². The molecule has 0 saturated carbocycles. The molecule has 0 spiro atoms. The van der Waals surface area contributed by atoms with Crippen LogP contribution in [0.5, 0.6) is 5.75 Å². The van der Waals surface area contributed by atoms with E-state index in [1.54, 1.807) is 6.07 Å². The van der Waals surface area contributed by atoms with E-state index < -0.39 is 0 Å². The molecule has 28 heavy (non-hydrogen) atoms. The van der Waals surface area contributed by atoms with Crippen LogP contribution in [0.15, 0.2) is 67.0 Å². The third-order valence-electron chi connectivity index (χ3n) is 4.65. The van der Waals surface area contributed by atoms with Gasteiger partial charge in [0.1, 0.15) is 30.2 Å². The predicted molar refractivity (Wildman–Crippen MR) is 108 cm³/mol. The molecule has 6 heteroatoms. The number of benzene rings is 2. The molecule has 1 aromatic heterocycles. The van der Waals surface area contributed by atoms with E-state index in [9.17, 15) is 4.79 Å². The first-order valence-corrected chi connectivity index (χ1v) is 9.43. The number of likely N-dealkylation sites (tertiary alicyclic amines) is 1. The summed E-state index contributed by atoms with van der Waals surface area (Å²) in [4.78, 5) is 22.7. The Hall–Kier alpha value is -3.41. The number of rotatable bonds is 6. The van der Waals surface area contributed by atoms with Crippen molar-refractivity contribution < 1.29 is 9.53 Å². The summed E-state index contributed by atoms with van der Waals surface area (Å²) < 4.78 is 5.80. The first kappa shape index (κ1) is 18.0. The van der Waals surface area contributed by atoms with Gasteiger partial charge in [0.15, 0.2) is 0 Å². The summed E-state index contributed by atoms with van der Waals surface area (Å²) in [5, 5.41) is 3.21. The fourth-order valence-corrected chi connectivity index (χ4v) is 3.15. The number of nitrogens with zero attached hydrogens (tertiary/aromatic N) is 3. The van der Waals surface area contributed by atoms with E-state index in [4.69, 9.17) is 4.74 Å². The van der Waals surface area contributed by atoms with Crippen LogP contribution < -0.4 is 10.1 Å². The highest BCUT2D eigenvalue weighted by atomic mass is 16.5. The average Bonchev–Trinajstić information content (AvgIpc) is 3.29. The summed E-state index contributed by atoms with van der Waals surface area (Å²) in [6, 6.07) is 19.4. The van der Waals surface area contributed by atoms with Gasteiger partial charge in [-0.2, -0.15) is 0 Å². The summed E-state index contributed by atoms with van der Waals surface area (Å²) in [6.07, 6.45) is 3.53. The highest BCUT2D eigenvalue weighted by Gasteiger charge is 2.20. The van der Waals surface area contributed by atoms with Gasteiger partial charge in [0.05, 0.1) is 0 Å². The van der Waals surface area contributed by atoms with Gasteiger partial charge < -0.3 is 15.0 Å². The van der Waals surface area contributed by atoms with Crippen LogP contribution >= 0.6 is 0 Å². The minimum atomic E-state index is -0.0346. The molecule has 1 aliphatic heterocycles. The Balaban J connectivity index is 1.37. The molecular weight excluding hydrogens is 352 g/mol. The van der Waals surface area contributed by atoms with E-state index in [1.807, 2.05) is 59.5 Å². The van der Waals surface area contributed by atoms with Crippen molar-refractivity contribution >= 4 is 17.4 Å². The van der Waals surface area contributed by atoms with Crippen molar-refractivity contribution in [3.05, 3.63) is 78.2 Å². The fourth-order valence-electron chi connectivity index (χ4n) is 3.15. The van der Waals surface area contributed by atoms with E-state index in [1.165, 1.54) is 6.33 Å². The van der Waals surface area contributed by atoms with Crippen LogP contribution in [0.4, 0.5) is 11.5 Å². The number of aromatic nitrogens is 2. The van der Waals surface area contributed by atoms with Crippen LogP contribution in [0.2, 0.25) is 0 Å². The molecule has 2 aromatic carbocycles. The molecule has 142 valence electrons. The normalized spacial score (nSPS) is 13.4. The van der Waals surface area contributed by atoms with Crippen LogP contribution in [0.25, 0.3) is 0 Å². The second-order valence-electron chi connectivity index (χ2n) is 6.71. The van der Waals surface area contributed by atoms with E-state index in [0.717, 1.165) is 42.9 Å². The molecule has 1 fully saturated rings. The molecule has 3 aromatic rings. The van der Waals surface area contributed by atoms with Gasteiger partial charge in [-0.15, -0.1) is 0 Å². The molecule has 0 aliphatic carbocycles. The SMILES string of the molecule is O=C(c1cc(Nc2ccc(OCc3ccccc3)cc2)ncn1)N1CCCC1. The molecule has 0 radical (unpaired) electrons. The summed E-state index contributed by atoms with van der Waals surface area (Å²) in [6.45, 7) is 2.13. The van der Waals surface area contributed by atoms with E-state index >= 15 is 0 Å². The minimum Gasteiger partial charge on any atom is -0.489 e. The lowest BCUT2D eigenvalue weighted by molar-refractivity contribution is 0.0787. The largest absolute Gasteiger partial charge is 0.489 e. The van der Waals surface area contributed by atoms with Crippen molar-refractivity contribution in [3.63, 3.8) is 0 Å². The number of nitrogens with one attached hydrogen (secondary N) is 1. The van der Waals surface area contributed by atoms with Crippen LogP contribution in [0.1, 0.15) is 28.9 Å². The van der Waals surface area contributed by atoms with Crippen molar-refractivity contribution in [1.29, 1.82) is 0 Å². The van der Waals surface area contributed by atoms with Gasteiger partial charge >= 0.3 is 0 Å². The maximum atomic E-state index is 12.5. The highest BCUT2D eigenvalue weighted by Crippen LogP contribution is 2.20. The number of anilines is 2. The van der Waals surface area contributed by atoms with Gasteiger partial charge in [0.25, 0.3) is 5.91 Å². The summed E-state index contributed by atoms with van der Waals surface area (Å²) in [7, 11) is 0. The van der Waals surface area contributed by atoms with Crippen molar-refractivity contribution in [2.45, 2.75) is 19.4 Å². The smallest absolute Gasteiger partial charge is 0.272 e. The Morgan fingerprint density at radius 3 is 2.50 bits per heavy atom. The molecular formula is C22H22N4O2. The second kappa shape index (κ2) is 8.52. The zero-order valence-corrected chi connectivity index (χ0v) is 15.5. The lowest BCUT2D eigenvalue weighted by atomic mass is 10.2. The van der Waals surface area contributed by atoms with E-state index in [2.05, 4.69) is 15.3 Å². The quantitative estimate of drug-likeness (QED) is 0.705. The predicted octanol–water partition coefficient (Wildman–Crippen LogP) is 4.04. The summed E-state index contributed by atoms with van der Waals surface area (Å²) >= 11 is 0. The lowest BCUT2D eigenvalue weighted by Gasteiger charge is -2.15. The average molecular weight is 374 g/mol. The third kappa shape index (κ3) is 4.46. The molecule has 1 saturated heterocycles. The van der Waals surface area contributed by atoms with Crippen molar-refractivity contribution in [3.8, 4) is 5.75 Å². The maximum absolute atomic E-state index is 12.5. The van der Waals surface area contributed by atoms with Crippen LogP contribution in [-0.4, -0.2) is 33.9 Å². The fraction of sp³-hybridized carbons (Fsp3) is 0.227. The number of carbonyl (C=O) groups excluding carboxylic acids is 1. The molecule has 2 heterocycles. The van der Waals surface area contributed by atoms with Gasteiger partial charge in [-0.05, 0) is 42.7 Å². The Morgan fingerprint density at radius 1 is 1.00 bits per heavy atom. The molecule has 1 amide bonds. The Bertz CT molecular complexity index is 923. The number of ether oxygens (including phenoxy) is 1. The number of amides is 1. The Morgan fingerprint density at radius 2 is 1.75 bits per heavy atom. The van der Waals surface area contributed by atoms with Crippen molar-refractivity contribution in [1.82, 2.24) is 14.9 Å². The van der Waals surface area contributed by atoms with Gasteiger partial charge in [-0.1, -0.05) is 30.3 Å². The van der Waals surface area contributed by atoms with Gasteiger partial charge in [0.2, 0.25) is 0 Å². The first-order valence-electron chi connectivity index (χ1n) is 9.43. The second-order valence-corrected chi connectivity index (χ2v) is 6.71. The monoisotopic (exact) mass is 374 g/mol. The van der Waals surface area contributed by atoms with Crippen molar-refractivity contribution in [2.24, 2.45) is 0 Å². The van der Waals surface area contributed by atoms with Gasteiger partial charge in [-0.3, -0.25) is 4.79 Å². The number of carbonyl (C=O) groups is 1. The zero-order chi connectivity index (χ0) is 19.2. The minimum absolute atomic E-state index is 0.0346. The standard InChI is InChI=1S/C22H22N4O2/c27-22(26-12-4-5-13-26)20-14-21(24-16-23-20)25-18-8-10-19(11-9-18)28-15-17-6-2-1-3-7-17/h1-3,6-11,14,16H,4-5,12-13,15H2,(H,23,24,25). The Labute approximate surface area is 164 Å². The number of hydrogen-bond acceptors (Lipinski definition) is 5. The molecule has 0 atom stereocenters.